The molecule has 0 fully saturated rings. The van der Waals surface area contributed by atoms with Gasteiger partial charge in [-0.3, -0.25) is 18.9 Å². The predicted octanol–water partition coefficient (Wildman–Crippen LogP) is 12.2. The van der Waals surface area contributed by atoms with E-state index in [0.29, 0.717) is 19.3 Å². The van der Waals surface area contributed by atoms with E-state index in [2.05, 4.69) is 31.4 Å². The van der Waals surface area contributed by atoms with Crippen LogP contribution in [0.3, 0.4) is 0 Å². The lowest BCUT2D eigenvalue weighted by Gasteiger charge is -2.18. The van der Waals surface area contributed by atoms with Gasteiger partial charge < -0.3 is 19.3 Å². The molecule has 0 aliphatic rings. The lowest BCUT2D eigenvalue weighted by molar-refractivity contribution is -0.161. The van der Waals surface area contributed by atoms with Crippen LogP contribution in [0.5, 0.6) is 0 Å². The van der Waals surface area contributed by atoms with Crippen LogP contribution >= 0.6 is 7.82 Å². The Morgan fingerprint density at radius 2 is 1.06 bits per heavy atom. The van der Waals surface area contributed by atoms with Gasteiger partial charge in [0.15, 0.2) is 11.9 Å². The van der Waals surface area contributed by atoms with E-state index in [0.717, 1.165) is 57.3 Å². The Bertz CT molecular complexity index is 988. The Hall–Kier alpha value is -1.80. The van der Waals surface area contributed by atoms with E-state index in [1.165, 1.54) is 103 Å². The summed E-state index contributed by atoms with van der Waals surface area (Å²) >= 11 is 0. The van der Waals surface area contributed by atoms with E-state index in [1.54, 1.807) is 6.08 Å². The number of phosphoric acid groups is 1. The number of carbonyl (C=O) groups is 3. The third-order valence-electron chi connectivity index (χ3n) is 9.38. The highest BCUT2D eigenvalue weighted by Crippen LogP contribution is 2.36. The fourth-order valence-corrected chi connectivity index (χ4v) is 6.49. The van der Waals surface area contributed by atoms with Crippen LogP contribution in [-0.4, -0.2) is 46.8 Å². The van der Waals surface area contributed by atoms with E-state index in [1.807, 2.05) is 12.2 Å². The molecule has 0 rings (SSSR count). The fourth-order valence-electron chi connectivity index (χ4n) is 6.13. The smallest absolute Gasteiger partial charge is 0.462 e. The van der Waals surface area contributed by atoms with Gasteiger partial charge in [0.2, 0.25) is 0 Å². The van der Waals surface area contributed by atoms with Gasteiger partial charge in [-0.25, -0.2) is 4.57 Å². The molecule has 0 heterocycles. The predicted molar refractivity (Wildman–Crippen MR) is 217 cm³/mol. The SMILES string of the molecule is CCCCC/C=C\C=C\C(=O)CCCCCCCC(=O)O[C@H](COC(=O)CCCCCCCCCCCCCCCCCCC(C)C)COP(=O)(O)O. The van der Waals surface area contributed by atoms with Crippen molar-refractivity contribution in [3.05, 3.63) is 24.3 Å². The van der Waals surface area contributed by atoms with Crippen LogP contribution in [0.2, 0.25) is 0 Å². The average molecular weight is 771 g/mol. The molecule has 0 amide bonds. The molecule has 0 bridgehead atoms. The quantitative estimate of drug-likeness (QED) is 0.0206. The second-order valence-electron chi connectivity index (χ2n) is 15.2. The highest BCUT2D eigenvalue weighted by molar-refractivity contribution is 7.46. The molecule has 0 aliphatic carbocycles. The molecule has 0 spiro atoms. The largest absolute Gasteiger partial charge is 0.469 e. The number of hydrogen-bond acceptors (Lipinski definition) is 7. The van der Waals surface area contributed by atoms with Crippen molar-refractivity contribution in [2.75, 3.05) is 13.2 Å². The molecule has 0 saturated carbocycles. The molecule has 10 heteroatoms. The van der Waals surface area contributed by atoms with Crippen molar-refractivity contribution in [2.24, 2.45) is 5.92 Å². The molecule has 0 radical (unpaired) electrons. The summed E-state index contributed by atoms with van der Waals surface area (Å²) in [6.45, 7) is 5.90. The maximum absolute atomic E-state index is 12.4. The van der Waals surface area contributed by atoms with Gasteiger partial charge in [-0.15, -0.1) is 0 Å². The molecule has 2 N–H and O–H groups in total. The molecule has 1 atom stereocenters. The highest BCUT2D eigenvalue weighted by Gasteiger charge is 2.23. The van der Waals surface area contributed by atoms with Crippen molar-refractivity contribution in [1.82, 2.24) is 0 Å². The zero-order valence-electron chi connectivity index (χ0n) is 34.1. The number of phosphoric ester groups is 1. The summed E-state index contributed by atoms with van der Waals surface area (Å²) in [4.78, 5) is 54.8. The Kier molecular flexibility index (Phi) is 35.9. The number of carbonyl (C=O) groups excluding carboxylic acids is 3. The Morgan fingerprint density at radius 1 is 0.585 bits per heavy atom. The number of rotatable bonds is 39. The molecule has 0 unspecified atom stereocenters. The zero-order chi connectivity index (χ0) is 39.3. The van der Waals surface area contributed by atoms with Crippen LogP contribution in [0.25, 0.3) is 0 Å². The summed E-state index contributed by atoms with van der Waals surface area (Å²) in [5.74, 6) is -0.0209. The maximum atomic E-state index is 12.4. The van der Waals surface area contributed by atoms with Crippen LogP contribution in [0.4, 0.5) is 0 Å². The van der Waals surface area contributed by atoms with Crippen LogP contribution in [0.1, 0.15) is 207 Å². The molecular weight excluding hydrogens is 691 g/mol. The van der Waals surface area contributed by atoms with Gasteiger partial charge in [0, 0.05) is 19.3 Å². The molecule has 9 nitrogen and oxygen atoms in total. The fraction of sp³-hybridized carbons (Fsp3) is 0.837. The number of hydrogen-bond donors (Lipinski definition) is 2. The highest BCUT2D eigenvalue weighted by atomic mass is 31.2. The van der Waals surface area contributed by atoms with Crippen LogP contribution in [0, 0.1) is 5.92 Å². The van der Waals surface area contributed by atoms with Gasteiger partial charge in [-0.1, -0.05) is 174 Å². The van der Waals surface area contributed by atoms with E-state index in [4.69, 9.17) is 19.3 Å². The van der Waals surface area contributed by atoms with Crippen molar-refractivity contribution in [1.29, 1.82) is 0 Å². The lowest BCUT2D eigenvalue weighted by atomic mass is 10.0. The summed E-state index contributed by atoms with van der Waals surface area (Å²) in [6, 6.07) is 0. The first kappa shape index (κ1) is 51.2. The van der Waals surface area contributed by atoms with Gasteiger partial charge in [0.1, 0.15) is 6.61 Å². The third kappa shape index (κ3) is 41.2. The Labute approximate surface area is 324 Å². The molecule has 0 aliphatic heterocycles. The molecule has 0 aromatic rings. The summed E-state index contributed by atoms with van der Waals surface area (Å²) in [5.41, 5.74) is 0. The minimum atomic E-state index is -4.78. The first-order valence-electron chi connectivity index (χ1n) is 21.4. The zero-order valence-corrected chi connectivity index (χ0v) is 35.0. The second-order valence-corrected chi connectivity index (χ2v) is 16.4. The topological polar surface area (TPSA) is 136 Å². The number of unbranched alkanes of at least 4 members (excludes halogenated alkanes) is 22. The maximum Gasteiger partial charge on any atom is 0.469 e. The van der Waals surface area contributed by atoms with Crippen molar-refractivity contribution >= 4 is 25.5 Å². The summed E-state index contributed by atoms with van der Waals surface area (Å²) in [7, 11) is -4.78. The number of ether oxygens (including phenoxy) is 2. The Morgan fingerprint density at radius 3 is 1.55 bits per heavy atom. The van der Waals surface area contributed by atoms with Crippen LogP contribution in [0.15, 0.2) is 24.3 Å². The van der Waals surface area contributed by atoms with E-state index in [-0.39, 0.29) is 25.2 Å². The third-order valence-corrected chi connectivity index (χ3v) is 9.86. The van der Waals surface area contributed by atoms with Crippen molar-refractivity contribution in [3.8, 4) is 0 Å². The molecule has 0 aromatic carbocycles. The minimum absolute atomic E-state index is 0.112. The van der Waals surface area contributed by atoms with Crippen LogP contribution in [-0.2, 0) is 32.9 Å². The van der Waals surface area contributed by atoms with Gasteiger partial charge in [-0.05, 0) is 44.1 Å². The van der Waals surface area contributed by atoms with E-state index >= 15 is 0 Å². The van der Waals surface area contributed by atoms with Crippen molar-refractivity contribution in [3.63, 3.8) is 0 Å². The molecule has 0 aromatic heterocycles. The van der Waals surface area contributed by atoms with E-state index < -0.39 is 32.5 Å². The van der Waals surface area contributed by atoms with Gasteiger partial charge in [-0.2, -0.15) is 0 Å². The van der Waals surface area contributed by atoms with Gasteiger partial charge >= 0.3 is 19.8 Å². The lowest BCUT2D eigenvalue weighted by Crippen LogP contribution is -2.29. The average Bonchev–Trinajstić information content (AvgIpc) is 3.10. The Balaban J connectivity index is 3.95. The summed E-state index contributed by atoms with van der Waals surface area (Å²) < 4.78 is 26.3. The van der Waals surface area contributed by atoms with Crippen molar-refractivity contribution in [2.45, 2.75) is 213 Å². The molecule has 53 heavy (non-hydrogen) atoms. The van der Waals surface area contributed by atoms with Gasteiger partial charge in [0.25, 0.3) is 0 Å². The standard InChI is InChI=1S/C43H79O9P/c1-4-5-6-7-18-23-28-33-40(44)34-29-24-21-26-31-36-43(46)52-41(38-51-53(47,48)49)37-50-42(45)35-30-25-20-17-15-13-11-9-8-10-12-14-16-19-22-27-32-39(2)3/h18,23,28,33,39,41H,4-17,19-22,24-27,29-32,34-38H2,1-3H3,(H2,47,48,49)/b23-18-,33-28+/t41-/m1/s1. The first-order chi connectivity index (χ1) is 25.5. The van der Waals surface area contributed by atoms with Crippen molar-refractivity contribution < 1.29 is 42.7 Å². The summed E-state index contributed by atoms with van der Waals surface area (Å²) in [5, 5.41) is 0. The molecule has 0 saturated heterocycles. The first-order valence-corrected chi connectivity index (χ1v) is 23.0. The number of allylic oxidation sites excluding steroid dienone is 4. The molecule has 310 valence electrons. The normalized spacial score (nSPS) is 12.6. The van der Waals surface area contributed by atoms with Crippen LogP contribution < -0.4 is 0 Å². The number of ketones is 1. The van der Waals surface area contributed by atoms with E-state index in [9.17, 15) is 18.9 Å². The summed E-state index contributed by atoms with van der Waals surface area (Å²) in [6.07, 6.45) is 37.2. The van der Waals surface area contributed by atoms with Gasteiger partial charge in [0.05, 0.1) is 6.61 Å². The minimum Gasteiger partial charge on any atom is -0.462 e. The monoisotopic (exact) mass is 771 g/mol. The molecular formula is C43H79O9P. The number of esters is 2. The second kappa shape index (κ2) is 37.1.